The molecule has 0 saturated carbocycles. The zero-order valence-electron chi connectivity index (χ0n) is 15.9. The first-order valence-corrected chi connectivity index (χ1v) is 10.5. The molecule has 0 spiro atoms. The van der Waals surface area contributed by atoms with Gasteiger partial charge in [0.05, 0.1) is 4.90 Å². The number of carbonyl (C=O) groups is 1. The monoisotopic (exact) mass is 407 g/mol. The molecule has 7 heteroatoms. The smallest absolute Gasteiger partial charge is 0.248 e. The van der Waals surface area contributed by atoms with Crippen molar-refractivity contribution in [1.29, 1.82) is 0 Å². The zero-order chi connectivity index (χ0) is 20.7. The SMILES string of the molecule is Cc1ccccc1CNS(=O)(=O)c1ccc(NC(=O)/C=C/c2ccncc2)cc1. The van der Waals surface area contributed by atoms with Gasteiger partial charge in [-0.15, -0.1) is 0 Å². The number of benzene rings is 2. The molecule has 3 aromatic rings. The standard InChI is InChI=1S/C22H21N3O3S/c1-17-4-2-3-5-19(17)16-24-29(27,28)21-9-7-20(8-10-21)25-22(26)11-6-18-12-14-23-15-13-18/h2-15,24H,16H2,1H3,(H,25,26)/b11-6+. The van der Waals surface area contributed by atoms with Crippen LogP contribution in [-0.4, -0.2) is 19.3 Å². The summed E-state index contributed by atoms with van der Waals surface area (Å²) < 4.78 is 27.6. The fourth-order valence-corrected chi connectivity index (χ4v) is 3.62. The van der Waals surface area contributed by atoms with Crippen molar-refractivity contribution in [2.45, 2.75) is 18.4 Å². The van der Waals surface area contributed by atoms with Crippen molar-refractivity contribution in [3.8, 4) is 0 Å². The molecule has 2 aromatic carbocycles. The Kier molecular flexibility index (Phi) is 6.54. The molecule has 1 aromatic heterocycles. The number of anilines is 1. The number of rotatable bonds is 7. The number of nitrogens with one attached hydrogen (secondary N) is 2. The molecule has 1 heterocycles. The van der Waals surface area contributed by atoms with Crippen LogP contribution >= 0.6 is 0 Å². The van der Waals surface area contributed by atoms with Crippen molar-refractivity contribution in [1.82, 2.24) is 9.71 Å². The van der Waals surface area contributed by atoms with Gasteiger partial charge >= 0.3 is 0 Å². The fourth-order valence-electron chi connectivity index (χ4n) is 2.61. The zero-order valence-corrected chi connectivity index (χ0v) is 16.7. The summed E-state index contributed by atoms with van der Waals surface area (Å²) in [6.07, 6.45) is 6.36. The summed E-state index contributed by atoms with van der Waals surface area (Å²) in [6.45, 7) is 2.15. The number of carbonyl (C=O) groups excluding carboxylic acids is 1. The molecule has 0 saturated heterocycles. The van der Waals surface area contributed by atoms with E-state index in [1.807, 2.05) is 31.2 Å². The first-order chi connectivity index (χ1) is 13.9. The summed E-state index contributed by atoms with van der Waals surface area (Å²) in [5.74, 6) is -0.310. The van der Waals surface area contributed by atoms with Gasteiger partial charge in [0.15, 0.2) is 0 Å². The lowest BCUT2D eigenvalue weighted by Crippen LogP contribution is -2.23. The Hall–Kier alpha value is -3.29. The number of aromatic nitrogens is 1. The van der Waals surface area contributed by atoms with Gasteiger partial charge in [0.25, 0.3) is 0 Å². The third-order valence-corrected chi connectivity index (χ3v) is 5.70. The molecule has 29 heavy (non-hydrogen) atoms. The Balaban J connectivity index is 1.60. The topological polar surface area (TPSA) is 88.2 Å². The predicted molar refractivity (Wildman–Crippen MR) is 114 cm³/mol. The molecule has 148 valence electrons. The number of aryl methyl sites for hydroxylation is 1. The minimum atomic E-state index is -3.65. The average molecular weight is 407 g/mol. The maximum absolute atomic E-state index is 12.5. The van der Waals surface area contributed by atoms with E-state index in [0.29, 0.717) is 5.69 Å². The molecule has 0 aliphatic heterocycles. The van der Waals surface area contributed by atoms with Crippen LogP contribution in [0, 0.1) is 6.92 Å². The average Bonchev–Trinajstić information content (AvgIpc) is 2.73. The third-order valence-electron chi connectivity index (χ3n) is 4.28. The van der Waals surface area contributed by atoms with Crippen LogP contribution in [0.5, 0.6) is 0 Å². The Bertz CT molecular complexity index is 1110. The van der Waals surface area contributed by atoms with E-state index >= 15 is 0 Å². The number of hydrogen-bond acceptors (Lipinski definition) is 4. The van der Waals surface area contributed by atoms with Gasteiger partial charge in [-0.05, 0) is 66.1 Å². The fraction of sp³-hybridized carbons (Fsp3) is 0.0909. The van der Waals surface area contributed by atoms with Gasteiger partial charge in [0.1, 0.15) is 0 Å². The van der Waals surface area contributed by atoms with Gasteiger partial charge in [-0.1, -0.05) is 24.3 Å². The third kappa shape index (κ3) is 5.84. The van der Waals surface area contributed by atoms with Crippen molar-refractivity contribution >= 4 is 27.7 Å². The van der Waals surface area contributed by atoms with Gasteiger partial charge in [-0.25, -0.2) is 13.1 Å². The number of sulfonamides is 1. The molecule has 1 amide bonds. The van der Waals surface area contributed by atoms with E-state index in [4.69, 9.17) is 0 Å². The van der Waals surface area contributed by atoms with Gasteiger partial charge < -0.3 is 5.32 Å². The van der Waals surface area contributed by atoms with Crippen molar-refractivity contribution in [2.75, 3.05) is 5.32 Å². The molecule has 0 radical (unpaired) electrons. The lowest BCUT2D eigenvalue weighted by molar-refractivity contribution is -0.111. The Labute approximate surface area is 170 Å². The minimum Gasteiger partial charge on any atom is -0.323 e. The van der Waals surface area contributed by atoms with Gasteiger partial charge in [0, 0.05) is 30.7 Å². The molecule has 0 bridgehead atoms. The second-order valence-corrected chi connectivity index (χ2v) is 8.15. The van der Waals surface area contributed by atoms with Crippen LogP contribution < -0.4 is 10.0 Å². The molecule has 0 atom stereocenters. The highest BCUT2D eigenvalue weighted by Crippen LogP contribution is 2.15. The quantitative estimate of drug-likeness (QED) is 0.587. The molecule has 0 aliphatic rings. The first kappa shape index (κ1) is 20.4. The summed E-state index contributed by atoms with van der Waals surface area (Å²) in [5, 5.41) is 2.70. The lowest BCUT2D eigenvalue weighted by Gasteiger charge is -2.09. The van der Waals surface area contributed by atoms with Crippen LogP contribution in [0.4, 0.5) is 5.69 Å². The highest BCUT2D eigenvalue weighted by atomic mass is 32.2. The van der Waals surface area contributed by atoms with Crippen LogP contribution in [0.25, 0.3) is 6.08 Å². The molecule has 3 rings (SSSR count). The Morgan fingerprint density at radius 1 is 1.00 bits per heavy atom. The summed E-state index contributed by atoms with van der Waals surface area (Å²) in [6, 6.07) is 17.2. The molecule has 6 nitrogen and oxygen atoms in total. The number of pyridine rings is 1. The van der Waals surface area contributed by atoms with Gasteiger partial charge in [0.2, 0.25) is 15.9 Å². The number of hydrogen-bond donors (Lipinski definition) is 2. The van der Waals surface area contributed by atoms with E-state index < -0.39 is 10.0 Å². The van der Waals surface area contributed by atoms with Gasteiger partial charge in [-0.2, -0.15) is 0 Å². The second kappa shape index (κ2) is 9.27. The number of amides is 1. The second-order valence-electron chi connectivity index (χ2n) is 6.38. The van der Waals surface area contributed by atoms with Crippen LogP contribution in [0.15, 0.2) is 84.0 Å². The Morgan fingerprint density at radius 2 is 1.69 bits per heavy atom. The van der Waals surface area contributed by atoms with Gasteiger partial charge in [-0.3, -0.25) is 9.78 Å². The largest absolute Gasteiger partial charge is 0.323 e. The van der Waals surface area contributed by atoms with E-state index in [1.165, 1.54) is 18.2 Å². The molecule has 2 N–H and O–H groups in total. The van der Waals surface area contributed by atoms with Crippen molar-refractivity contribution in [3.05, 3.63) is 95.8 Å². The summed E-state index contributed by atoms with van der Waals surface area (Å²) in [5.41, 5.74) is 3.30. The van der Waals surface area contributed by atoms with Crippen LogP contribution in [-0.2, 0) is 21.4 Å². The normalized spacial score (nSPS) is 11.5. The molecule has 0 aliphatic carbocycles. The maximum Gasteiger partial charge on any atom is 0.248 e. The van der Waals surface area contributed by atoms with E-state index in [9.17, 15) is 13.2 Å². The van der Waals surface area contributed by atoms with Crippen molar-refractivity contribution in [2.24, 2.45) is 0 Å². The first-order valence-electron chi connectivity index (χ1n) is 8.97. The number of nitrogens with zero attached hydrogens (tertiary/aromatic N) is 1. The summed E-state index contributed by atoms with van der Waals surface area (Å²) in [4.78, 5) is 16.1. The summed E-state index contributed by atoms with van der Waals surface area (Å²) >= 11 is 0. The maximum atomic E-state index is 12.5. The molecular formula is C22H21N3O3S. The van der Waals surface area contributed by atoms with Crippen LogP contribution in [0.3, 0.4) is 0 Å². The summed E-state index contributed by atoms with van der Waals surface area (Å²) in [7, 11) is -3.65. The predicted octanol–water partition coefficient (Wildman–Crippen LogP) is 3.52. The highest BCUT2D eigenvalue weighted by Gasteiger charge is 2.14. The highest BCUT2D eigenvalue weighted by molar-refractivity contribution is 7.89. The molecule has 0 unspecified atom stereocenters. The van der Waals surface area contributed by atoms with E-state index in [0.717, 1.165) is 16.7 Å². The van der Waals surface area contributed by atoms with Crippen LogP contribution in [0.2, 0.25) is 0 Å². The minimum absolute atomic E-state index is 0.136. The molecular weight excluding hydrogens is 386 g/mol. The van der Waals surface area contributed by atoms with E-state index in [2.05, 4.69) is 15.0 Å². The Morgan fingerprint density at radius 3 is 2.38 bits per heavy atom. The van der Waals surface area contributed by atoms with Crippen molar-refractivity contribution in [3.63, 3.8) is 0 Å². The van der Waals surface area contributed by atoms with E-state index in [-0.39, 0.29) is 17.3 Å². The lowest BCUT2D eigenvalue weighted by atomic mass is 10.1. The van der Waals surface area contributed by atoms with E-state index in [1.54, 1.807) is 42.7 Å². The molecule has 0 fully saturated rings. The van der Waals surface area contributed by atoms with Crippen LogP contribution in [0.1, 0.15) is 16.7 Å². The van der Waals surface area contributed by atoms with Crippen molar-refractivity contribution < 1.29 is 13.2 Å².